The highest BCUT2D eigenvalue weighted by molar-refractivity contribution is 5.93. The Kier molecular flexibility index (Phi) is 5.43. The Balaban J connectivity index is 1.73. The van der Waals surface area contributed by atoms with E-state index in [1.807, 2.05) is 43.3 Å². The molecule has 25 heavy (non-hydrogen) atoms. The van der Waals surface area contributed by atoms with Gasteiger partial charge in [0, 0.05) is 30.5 Å². The quantitative estimate of drug-likeness (QED) is 0.830. The number of hydrogen-bond acceptors (Lipinski definition) is 3. The smallest absolute Gasteiger partial charge is 0.321 e. The summed E-state index contributed by atoms with van der Waals surface area (Å²) < 4.78 is 5.58. The molecule has 2 aromatic carbocycles. The van der Waals surface area contributed by atoms with Crippen molar-refractivity contribution in [2.24, 2.45) is 0 Å². The first-order valence-corrected chi connectivity index (χ1v) is 8.82. The molecule has 132 valence electrons. The van der Waals surface area contributed by atoms with Crippen LogP contribution in [0.5, 0.6) is 5.75 Å². The second-order valence-corrected chi connectivity index (χ2v) is 6.16. The number of nitrogens with zero attached hydrogens (tertiary/aromatic N) is 1. The molecular formula is C20H25N3O2. The van der Waals surface area contributed by atoms with Gasteiger partial charge in [0.2, 0.25) is 0 Å². The molecule has 5 heteroatoms. The summed E-state index contributed by atoms with van der Waals surface area (Å²) in [5.74, 6) is 0.882. The van der Waals surface area contributed by atoms with Crippen LogP contribution in [-0.2, 0) is 0 Å². The van der Waals surface area contributed by atoms with Crippen molar-refractivity contribution in [3.05, 3.63) is 54.1 Å². The van der Waals surface area contributed by atoms with E-state index in [1.165, 1.54) is 0 Å². The number of carbonyl (C=O) groups is 1. The zero-order valence-corrected chi connectivity index (χ0v) is 14.8. The SMILES string of the molecule is CCOc1cccc([C@@H](C)Nc2cccc(N3CCCNC3=O)c2)c1. The summed E-state index contributed by atoms with van der Waals surface area (Å²) >= 11 is 0. The van der Waals surface area contributed by atoms with Gasteiger partial charge in [0.05, 0.1) is 6.61 Å². The van der Waals surface area contributed by atoms with Crippen molar-refractivity contribution >= 4 is 17.4 Å². The fourth-order valence-corrected chi connectivity index (χ4v) is 3.01. The maximum Gasteiger partial charge on any atom is 0.321 e. The summed E-state index contributed by atoms with van der Waals surface area (Å²) in [5.41, 5.74) is 3.06. The molecule has 0 aliphatic carbocycles. The molecule has 2 aromatic rings. The first kappa shape index (κ1) is 17.1. The van der Waals surface area contributed by atoms with Gasteiger partial charge in [0.15, 0.2) is 0 Å². The van der Waals surface area contributed by atoms with Crippen LogP contribution in [0.4, 0.5) is 16.2 Å². The molecule has 5 nitrogen and oxygen atoms in total. The van der Waals surface area contributed by atoms with E-state index in [0.717, 1.165) is 42.2 Å². The standard InChI is InChI=1S/C20H25N3O2/c1-3-25-19-10-4-7-16(13-19)15(2)22-17-8-5-9-18(14-17)23-12-6-11-21-20(23)24/h4-5,7-10,13-15,22H,3,6,11-12H2,1-2H3,(H,21,24)/t15-/m1/s1. The third kappa shape index (κ3) is 4.24. The van der Waals surface area contributed by atoms with Gasteiger partial charge in [-0.25, -0.2) is 4.79 Å². The molecule has 0 aromatic heterocycles. The number of benzene rings is 2. The van der Waals surface area contributed by atoms with Gasteiger partial charge in [-0.3, -0.25) is 4.90 Å². The summed E-state index contributed by atoms with van der Waals surface area (Å²) in [6.45, 7) is 6.26. The molecule has 1 aliphatic rings. The van der Waals surface area contributed by atoms with E-state index in [9.17, 15) is 4.79 Å². The molecule has 0 bridgehead atoms. The molecule has 0 spiro atoms. The third-order valence-corrected chi connectivity index (χ3v) is 4.29. The van der Waals surface area contributed by atoms with Gasteiger partial charge in [-0.15, -0.1) is 0 Å². The first-order chi connectivity index (χ1) is 12.2. The van der Waals surface area contributed by atoms with Crippen LogP contribution in [0, 0.1) is 0 Å². The van der Waals surface area contributed by atoms with Crippen LogP contribution in [0.15, 0.2) is 48.5 Å². The van der Waals surface area contributed by atoms with Gasteiger partial charge in [0.25, 0.3) is 0 Å². The van der Waals surface area contributed by atoms with Crippen LogP contribution < -0.4 is 20.3 Å². The van der Waals surface area contributed by atoms with Crippen molar-refractivity contribution in [2.75, 3.05) is 29.9 Å². The normalized spacial score (nSPS) is 15.4. The third-order valence-electron chi connectivity index (χ3n) is 4.29. The van der Waals surface area contributed by atoms with Crippen molar-refractivity contribution in [3.63, 3.8) is 0 Å². The van der Waals surface area contributed by atoms with Crippen LogP contribution in [0.25, 0.3) is 0 Å². The number of anilines is 2. The second-order valence-electron chi connectivity index (χ2n) is 6.16. The maximum atomic E-state index is 12.0. The maximum absolute atomic E-state index is 12.0. The minimum atomic E-state index is -0.0270. The highest BCUT2D eigenvalue weighted by atomic mass is 16.5. The lowest BCUT2D eigenvalue weighted by molar-refractivity contribution is 0.243. The summed E-state index contributed by atoms with van der Waals surface area (Å²) in [6, 6.07) is 16.2. The average Bonchev–Trinajstić information content (AvgIpc) is 2.63. The summed E-state index contributed by atoms with van der Waals surface area (Å²) in [7, 11) is 0. The highest BCUT2D eigenvalue weighted by Gasteiger charge is 2.19. The van der Waals surface area contributed by atoms with Crippen LogP contribution in [0.3, 0.4) is 0 Å². The van der Waals surface area contributed by atoms with Crippen LogP contribution in [0.1, 0.15) is 31.9 Å². The van der Waals surface area contributed by atoms with Crippen LogP contribution in [0.2, 0.25) is 0 Å². The molecular weight excluding hydrogens is 314 g/mol. The Morgan fingerprint density at radius 1 is 1.24 bits per heavy atom. The minimum Gasteiger partial charge on any atom is -0.494 e. The first-order valence-electron chi connectivity index (χ1n) is 8.82. The number of ether oxygens (including phenoxy) is 1. The van der Waals surface area contributed by atoms with E-state index in [-0.39, 0.29) is 12.1 Å². The Bertz CT molecular complexity index is 732. The highest BCUT2D eigenvalue weighted by Crippen LogP contribution is 2.26. The fourth-order valence-electron chi connectivity index (χ4n) is 3.01. The predicted molar refractivity (Wildman–Crippen MR) is 101 cm³/mol. The van der Waals surface area contributed by atoms with Crippen LogP contribution >= 0.6 is 0 Å². The molecule has 3 rings (SSSR count). The number of carbonyl (C=O) groups excluding carboxylic acids is 1. The topological polar surface area (TPSA) is 53.6 Å². The number of hydrogen-bond donors (Lipinski definition) is 2. The molecule has 0 radical (unpaired) electrons. The van der Waals surface area contributed by atoms with Crippen LogP contribution in [-0.4, -0.2) is 25.7 Å². The molecule has 1 atom stereocenters. The zero-order chi connectivity index (χ0) is 17.6. The van der Waals surface area contributed by atoms with Crippen molar-refractivity contribution < 1.29 is 9.53 Å². The molecule has 1 aliphatic heterocycles. The second kappa shape index (κ2) is 7.92. The Hall–Kier alpha value is -2.69. The van der Waals surface area contributed by atoms with Gasteiger partial charge in [-0.05, 0) is 56.2 Å². The summed E-state index contributed by atoms with van der Waals surface area (Å²) in [5, 5.41) is 6.40. The van der Waals surface area contributed by atoms with Crippen molar-refractivity contribution in [1.29, 1.82) is 0 Å². The number of urea groups is 1. The largest absolute Gasteiger partial charge is 0.494 e. The van der Waals surface area contributed by atoms with E-state index >= 15 is 0 Å². The van der Waals surface area contributed by atoms with Crippen molar-refractivity contribution in [3.8, 4) is 5.75 Å². The van der Waals surface area contributed by atoms with Gasteiger partial charge in [0.1, 0.15) is 5.75 Å². The number of nitrogens with one attached hydrogen (secondary N) is 2. The average molecular weight is 339 g/mol. The van der Waals surface area contributed by atoms with E-state index in [1.54, 1.807) is 4.90 Å². The monoisotopic (exact) mass is 339 g/mol. The van der Waals surface area contributed by atoms with E-state index < -0.39 is 0 Å². The lowest BCUT2D eigenvalue weighted by Gasteiger charge is -2.28. The van der Waals surface area contributed by atoms with Crippen molar-refractivity contribution in [1.82, 2.24) is 5.32 Å². The van der Waals surface area contributed by atoms with Gasteiger partial charge in [-0.1, -0.05) is 18.2 Å². The van der Waals surface area contributed by atoms with Gasteiger partial charge in [-0.2, -0.15) is 0 Å². The van der Waals surface area contributed by atoms with E-state index in [0.29, 0.717) is 6.61 Å². The molecule has 1 heterocycles. The Morgan fingerprint density at radius 3 is 2.88 bits per heavy atom. The lowest BCUT2D eigenvalue weighted by atomic mass is 10.1. The molecule has 2 amide bonds. The van der Waals surface area contributed by atoms with E-state index in [2.05, 4.69) is 29.7 Å². The van der Waals surface area contributed by atoms with Crippen molar-refractivity contribution in [2.45, 2.75) is 26.3 Å². The zero-order valence-electron chi connectivity index (χ0n) is 14.8. The summed E-state index contributed by atoms with van der Waals surface area (Å²) in [4.78, 5) is 13.8. The van der Waals surface area contributed by atoms with E-state index in [4.69, 9.17) is 4.74 Å². The molecule has 0 unspecified atom stereocenters. The molecule has 1 fully saturated rings. The molecule has 2 N–H and O–H groups in total. The molecule has 1 saturated heterocycles. The predicted octanol–water partition coefficient (Wildman–Crippen LogP) is 4.18. The number of amides is 2. The fraction of sp³-hybridized carbons (Fsp3) is 0.350. The lowest BCUT2D eigenvalue weighted by Crippen LogP contribution is -2.46. The van der Waals surface area contributed by atoms with Gasteiger partial charge < -0.3 is 15.4 Å². The Labute approximate surface area is 149 Å². The minimum absolute atomic E-state index is 0.0270. The number of rotatable bonds is 6. The van der Waals surface area contributed by atoms with Gasteiger partial charge >= 0.3 is 6.03 Å². The molecule has 0 saturated carbocycles. The summed E-state index contributed by atoms with van der Waals surface area (Å²) in [6.07, 6.45) is 0.962. The Morgan fingerprint density at radius 2 is 2.08 bits per heavy atom.